The Kier molecular flexibility index (Phi) is 3.39. The highest BCUT2D eigenvalue weighted by atomic mass is 16.5. The molecule has 0 aliphatic heterocycles. The van der Waals surface area contributed by atoms with E-state index in [4.69, 9.17) is 4.74 Å². The summed E-state index contributed by atoms with van der Waals surface area (Å²) in [5, 5.41) is 0. The second-order valence-corrected chi connectivity index (χ2v) is 2.84. The van der Waals surface area contributed by atoms with Crippen LogP contribution in [-0.4, -0.2) is 6.10 Å². The summed E-state index contributed by atoms with van der Waals surface area (Å²) in [7, 11) is 0. The Morgan fingerprint density at radius 3 is 2.50 bits per heavy atom. The molecule has 12 heavy (non-hydrogen) atoms. The summed E-state index contributed by atoms with van der Waals surface area (Å²) in [6, 6.07) is 9.99. The van der Waals surface area contributed by atoms with Gasteiger partial charge in [0, 0.05) is 0 Å². The lowest BCUT2D eigenvalue weighted by Crippen LogP contribution is -1.94. The van der Waals surface area contributed by atoms with Gasteiger partial charge in [-0.05, 0) is 25.5 Å². The SMILES string of the molecule is CC(C)O[C]=Cc1ccccc1. The molecule has 0 heterocycles. The van der Waals surface area contributed by atoms with E-state index in [-0.39, 0.29) is 6.10 Å². The normalized spacial score (nSPS) is 10.9. The molecule has 1 aromatic rings. The van der Waals surface area contributed by atoms with Crippen LogP contribution in [0.1, 0.15) is 19.4 Å². The topological polar surface area (TPSA) is 9.23 Å². The van der Waals surface area contributed by atoms with Crippen LogP contribution in [-0.2, 0) is 4.74 Å². The average molecular weight is 161 g/mol. The first-order valence-corrected chi connectivity index (χ1v) is 4.08. The van der Waals surface area contributed by atoms with Crippen molar-refractivity contribution < 1.29 is 4.74 Å². The van der Waals surface area contributed by atoms with Crippen molar-refractivity contribution in [2.24, 2.45) is 0 Å². The van der Waals surface area contributed by atoms with Crippen LogP contribution in [0, 0.1) is 6.26 Å². The number of benzene rings is 1. The highest BCUT2D eigenvalue weighted by molar-refractivity contribution is 5.45. The van der Waals surface area contributed by atoms with Gasteiger partial charge in [0.05, 0.1) is 6.10 Å². The monoisotopic (exact) mass is 161 g/mol. The Balaban J connectivity index is 2.47. The van der Waals surface area contributed by atoms with Gasteiger partial charge in [-0.1, -0.05) is 30.3 Å². The van der Waals surface area contributed by atoms with Gasteiger partial charge in [0.25, 0.3) is 0 Å². The van der Waals surface area contributed by atoms with Gasteiger partial charge in [0.15, 0.2) is 6.26 Å². The van der Waals surface area contributed by atoms with Gasteiger partial charge in [0.2, 0.25) is 0 Å². The van der Waals surface area contributed by atoms with E-state index < -0.39 is 0 Å². The largest absolute Gasteiger partial charge is 0.487 e. The molecule has 0 amide bonds. The number of rotatable bonds is 3. The van der Waals surface area contributed by atoms with Crippen molar-refractivity contribution in [1.82, 2.24) is 0 Å². The summed E-state index contributed by atoms with van der Waals surface area (Å²) in [6.07, 6.45) is 4.81. The minimum absolute atomic E-state index is 0.199. The molecule has 1 heteroatoms. The number of ether oxygens (including phenoxy) is 1. The lowest BCUT2D eigenvalue weighted by molar-refractivity contribution is 0.163. The first-order chi connectivity index (χ1) is 5.79. The van der Waals surface area contributed by atoms with E-state index >= 15 is 0 Å². The lowest BCUT2D eigenvalue weighted by atomic mass is 10.2. The zero-order valence-corrected chi connectivity index (χ0v) is 7.45. The summed E-state index contributed by atoms with van der Waals surface area (Å²) in [5.41, 5.74) is 1.11. The van der Waals surface area contributed by atoms with Gasteiger partial charge in [-0.2, -0.15) is 0 Å². The molecule has 0 N–H and O–H groups in total. The van der Waals surface area contributed by atoms with Crippen LogP contribution in [0.4, 0.5) is 0 Å². The lowest BCUT2D eigenvalue weighted by Gasteiger charge is -2.00. The standard InChI is InChI=1S/C11H13O/c1-10(2)12-9-8-11-6-4-3-5-7-11/h3-8,10H,1-2H3. The molecule has 0 aromatic heterocycles. The van der Waals surface area contributed by atoms with Crippen molar-refractivity contribution in [3.05, 3.63) is 42.2 Å². The summed E-state index contributed by atoms with van der Waals surface area (Å²) >= 11 is 0. The van der Waals surface area contributed by atoms with E-state index in [1.807, 2.05) is 50.3 Å². The number of hydrogen-bond acceptors (Lipinski definition) is 1. The predicted octanol–water partition coefficient (Wildman–Crippen LogP) is 2.89. The molecule has 0 atom stereocenters. The molecule has 0 saturated carbocycles. The molecule has 0 aliphatic carbocycles. The molecule has 63 valence electrons. The smallest absolute Gasteiger partial charge is 0.162 e. The van der Waals surface area contributed by atoms with Crippen LogP contribution in [0.5, 0.6) is 0 Å². The van der Waals surface area contributed by atoms with Crippen LogP contribution < -0.4 is 0 Å². The fourth-order valence-electron chi connectivity index (χ4n) is 0.787. The maximum absolute atomic E-state index is 5.14. The molecule has 0 saturated heterocycles. The zero-order chi connectivity index (χ0) is 8.81. The second-order valence-electron chi connectivity index (χ2n) is 2.84. The Hall–Kier alpha value is -1.24. The summed E-state index contributed by atoms with van der Waals surface area (Å²) < 4.78 is 5.14. The van der Waals surface area contributed by atoms with E-state index in [0.717, 1.165) is 5.56 Å². The van der Waals surface area contributed by atoms with Crippen LogP contribution in [0.2, 0.25) is 0 Å². The predicted molar refractivity (Wildman–Crippen MR) is 50.4 cm³/mol. The zero-order valence-electron chi connectivity index (χ0n) is 7.45. The number of hydrogen-bond donors (Lipinski definition) is 0. The van der Waals surface area contributed by atoms with Crippen molar-refractivity contribution in [2.75, 3.05) is 0 Å². The Morgan fingerprint density at radius 1 is 1.25 bits per heavy atom. The highest BCUT2D eigenvalue weighted by Crippen LogP contribution is 2.01. The average Bonchev–Trinajstić information content (AvgIpc) is 2.05. The first kappa shape index (κ1) is 8.85. The van der Waals surface area contributed by atoms with Gasteiger partial charge in [-0.15, -0.1) is 0 Å². The van der Waals surface area contributed by atoms with Crippen molar-refractivity contribution in [3.63, 3.8) is 0 Å². The van der Waals surface area contributed by atoms with Crippen molar-refractivity contribution in [1.29, 1.82) is 0 Å². The molecule has 0 fully saturated rings. The molecule has 0 bridgehead atoms. The Bertz CT molecular complexity index is 236. The first-order valence-electron chi connectivity index (χ1n) is 4.08. The molecule has 0 aliphatic rings. The van der Waals surface area contributed by atoms with E-state index in [0.29, 0.717) is 0 Å². The Morgan fingerprint density at radius 2 is 1.92 bits per heavy atom. The summed E-state index contributed by atoms with van der Waals surface area (Å²) in [5.74, 6) is 0. The van der Waals surface area contributed by atoms with Crippen molar-refractivity contribution >= 4 is 6.08 Å². The van der Waals surface area contributed by atoms with Gasteiger partial charge in [-0.25, -0.2) is 0 Å². The third-order valence-corrected chi connectivity index (χ3v) is 1.33. The van der Waals surface area contributed by atoms with Gasteiger partial charge in [0.1, 0.15) is 0 Å². The molecule has 0 unspecified atom stereocenters. The maximum atomic E-state index is 5.14. The van der Waals surface area contributed by atoms with Gasteiger partial charge in [-0.3, -0.25) is 0 Å². The molecule has 1 rings (SSSR count). The molecule has 1 nitrogen and oxygen atoms in total. The van der Waals surface area contributed by atoms with Gasteiger partial charge >= 0.3 is 0 Å². The minimum Gasteiger partial charge on any atom is -0.487 e. The van der Waals surface area contributed by atoms with Crippen LogP contribution >= 0.6 is 0 Å². The highest BCUT2D eigenvalue weighted by Gasteiger charge is 1.87. The summed E-state index contributed by atoms with van der Waals surface area (Å²) in [6.45, 7) is 3.96. The third kappa shape index (κ3) is 3.24. The van der Waals surface area contributed by atoms with Crippen LogP contribution in [0.15, 0.2) is 30.3 Å². The van der Waals surface area contributed by atoms with E-state index in [1.165, 1.54) is 0 Å². The van der Waals surface area contributed by atoms with Crippen molar-refractivity contribution in [2.45, 2.75) is 20.0 Å². The summed E-state index contributed by atoms with van der Waals surface area (Å²) in [4.78, 5) is 0. The molecular weight excluding hydrogens is 148 g/mol. The second kappa shape index (κ2) is 4.60. The fraction of sp³-hybridized carbons (Fsp3) is 0.273. The molecular formula is C11H13O. The molecule has 1 radical (unpaired) electrons. The molecule has 1 aromatic carbocycles. The molecule has 0 spiro atoms. The minimum atomic E-state index is 0.199. The third-order valence-electron chi connectivity index (χ3n) is 1.33. The van der Waals surface area contributed by atoms with Crippen molar-refractivity contribution in [3.8, 4) is 0 Å². The van der Waals surface area contributed by atoms with E-state index in [9.17, 15) is 0 Å². The van der Waals surface area contributed by atoms with Crippen LogP contribution in [0.3, 0.4) is 0 Å². The van der Waals surface area contributed by atoms with E-state index in [2.05, 4.69) is 6.26 Å². The van der Waals surface area contributed by atoms with Crippen LogP contribution in [0.25, 0.3) is 6.08 Å². The fourth-order valence-corrected chi connectivity index (χ4v) is 0.787. The quantitative estimate of drug-likeness (QED) is 0.619. The van der Waals surface area contributed by atoms with E-state index in [1.54, 1.807) is 0 Å². The van der Waals surface area contributed by atoms with Gasteiger partial charge < -0.3 is 4.74 Å². The maximum Gasteiger partial charge on any atom is 0.162 e. The Labute approximate surface area is 73.7 Å².